The van der Waals surface area contributed by atoms with Crippen LogP contribution in [-0.2, 0) is 14.8 Å². The van der Waals surface area contributed by atoms with E-state index in [0.717, 1.165) is 4.90 Å². The van der Waals surface area contributed by atoms with Crippen LogP contribution >= 0.6 is 0 Å². The molecule has 1 unspecified atom stereocenters. The second-order valence-electron chi connectivity index (χ2n) is 4.14. The van der Waals surface area contributed by atoms with Crippen molar-refractivity contribution < 1.29 is 26.4 Å². The number of carbonyl (C=O) groups is 1. The topological polar surface area (TPSA) is 66.5 Å². The van der Waals surface area contributed by atoms with Crippen molar-refractivity contribution in [2.45, 2.75) is 11.6 Å². The number of amides is 1. The number of nitrogens with zero attached hydrogens (tertiary/aromatic N) is 1. The first-order chi connectivity index (χ1) is 9.06. The van der Waals surface area contributed by atoms with Crippen molar-refractivity contribution in [3.63, 3.8) is 0 Å². The normalized spacial score (nSPS) is 13.8. The molecule has 1 amide bonds. The van der Waals surface area contributed by atoms with E-state index >= 15 is 0 Å². The Morgan fingerprint density at radius 1 is 1.20 bits per heavy atom. The summed E-state index contributed by atoms with van der Waals surface area (Å²) in [5.41, 5.74) is -5.36. The van der Waals surface area contributed by atoms with Gasteiger partial charge in [0, 0.05) is 14.1 Å². The summed E-state index contributed by atoms with van der Waals surface area (Å²) in [5.74, 6) is -0.802. The highest BCUT2D eigenvalue weighted by Crippen LogP contribution is 2.25. The number of nitrogens with one attached hydrogen (secondary N) is 1. The summed E-state index contributed by atoms with van der Waals surface area (Å²) in [5, 5.41) is 0. The molecule has 0 fully saturated rings. The average molecular weight is 310 g/mol. The molecule has 1 aromatic carbocycles. The van der Waals surface area contributed by atoms with E-state index in [2.05, 4.69) is 0 Å². The number of likely N-dealkylation sites (N-methyl/N-ethyl adjacent to an activating group) is 1. The van der Waals surface area contributed by atoms with E-state index in [0.29, 0.717) is 0 Å². The molecule has 1 N–H and O–H groups in total. The van der Waals surface area contributed by atoms with Gasteiger partial charge in [-0.2, -0.15) is 17.9 Å². The number of alkyl halides is 3. The molecule has 0 saturated heterocycles. The number of hydrogen-bond acceptors (Lipinski definition) is 3. The fraction of sp³-hybridized carbons (Fsp3) is 0.364. The van der Waals surface area contributed by atoms with Crippen molar-refractivity contribution >= 4 is 15.9 Å². The van der Waals surface area contributed by atoms with E-state index in [1.807, 2.05) is 0 Å². The van der Waals surface area contributed by atoms with Crippen LogP contribution in [0.2, 0.25) is 0 Å². The number of benzene rings is 1. The zero-order chi connectivity index (χ0) is 15.6. The van der Waals surface area contributed by atoms with Gasteiger partial charge in [-0.15, -0.1) is 0 Å². The molecular weight excluding hydrogens is 297 g/mol. The molecule has 0 aromatic heterocycles. The Morgan fingerprint density at radius 2 is 1.70 bits per heavy atom. The van der Waals surface area contributed by atoms with E-state index in [1.54, 1.807) is 6.07 Å². The van der Waals surface area contributed by atoms with Gasteiger partial charge in [0.25, 0.3) is 0 Å². The molecule has 0 spiro atoms. The van der Waals surface area contributed by atoms with Crippen LogP contribution in [0.25, 0.3) is 0 Å². The molecule has 0 aliphatic heterocycles. The summed E-state index contributed by atoms with van der Waals surface area (Å²) in [6.45, 7) is 0. The van der Waals surface area contributed by atoms with Crippen molar-refractivity contribution in [2.75, 3.05) is 14.1 Å². The fourth-order valence-corrected chi connectivity index (χ4v) is 2.07. The SMILES string of the molecule is CN(C)C(=O)C(NS(=O)(=O)C(F)(F)F)c1ccccc1. The average Bonchev–Trinajstić information content (AvgIpc) is 2.34. The molecule has 1 rings (SSSR count). The van der Waals surface area contributed by atoms with Gasteiger partial charge in [0.1, 0.15) is 6.04 Å². The highest BCUT2D eigenvalue weighted by Gasteiger charge is 2.48. The minimum absolute atomic E-state index is 0.124. The lowest BCUT2D eigenvalue weighted by molar-refractivity contribution is -0.130. The summed E-state index contributed by atoms with van der Waals surface area (Å²) in [6, 6.07) is 5.69. The number of hydrogen-bond donors (Lipinski definition) is 1. The van der Waals surface area contributed by atoms with Crippen molar-refractivity contribution in [3.05, 3.63) is 35.9 Å². The zero-order valence-electron chi connectivity index (χ0n) is 10.7. The Bertz CT molecular complexity index is 570. The molecule has 0 saturated carbocycles. The van der Waals surface area contributed by atoms with Gasteiger partial charge in [0.05, 0.1) is 0 Å². The third kappa shape index (κ3) is 3.70. The molecule has 9 heteroatoms. The van der Waals surface area contributed by atoms with E-state index in [1.165, 1.54) is 43.1 Å². The van der Waals surface area contributed by atoms with Crippen LogP contribution in [0.5, 0.6) is 0 Å². The van der Waals surface area contributed by atoms with Crippen LogP contribution < -0.4 is 4.72 Å². The zero-order valence-corrected chi connectivity index (χ0v) is 11.5. The van der Waals surface area contributed by atoms with Gasteiger partial charge in [-0.25, -0.2) is 8.42 Å². The molecule has 0 aliphatic rings. The summed E-state index contributed by atoms with van der Waals surface area (Å²) < 4.78 is 60.9. The van der Waals surface area contributed by atoms with E-state index < -0.39 is 27.5 Å². The van der Waals surface area contributed by atoms with Crippen molar-refractivity contribution in [3.8, 4) is 0 Å². The maximum absolute atomic E-state index is 12.4. The smallest absolute Gasteiger partial charge is 0.347 e. The van der Waals surface area contributed by atoms with Gasteiger partial charge in [-0.1, -0.05) is 30.3 Å². The number of carbonyl (C=O) groups excluding carboxylic acids is 1. The second kappa shape index (κ2) is 5.80. The van der Waals surface area contributed by atoms with Gasteiger partial charge in [-0.05, 0) is 5.56 Å². The molecule has 20 heavy (non-hydrogen) atoms. The molecule has 0 radical (unpaired) electrons. The highest BCUT2D eigenvalue weighted by atomic mass is 32.2. The Labute approximate surface area is 114 Å². The van der Waals surface area contributed by atoms with Crippen molar-refractivity contribution in [1.29, 1.82) is 0 Å². The maximum Gasteiger partial charge on any atom is 0.511 e. The largest absolute Gasteiger partial charge is 0.511 e. The predicted molar refractivity (Wildman–Crippen MR) is 66.0 cm³/mol. The molecule has 0 heterocycles. The van der Waals surface area contributed by atoms with E-state index in [9.17, 15) is 26.4 Å². The van der Waals surface area contributed by atoms with Gasteiger partial charge >= 0.3 is 15.5 Å². The number of rotatable bonds is 4. The first kappa shape index (κ1) is 16.4. The third-order valence-corrected chi connectivity index (χ3v) is 3.55. The first-order valence-corrected chi connectivity index (χ1v) is 6.89. The lowest BCUT2D eigenvalue weighted by Crippen LogP contribution is -2.44. The van der Waals surface area contributed by atoms with Crippen LogP contribution in [0, 0.1) is 0 Å². The maximum atomic E-state index is 12.4. The molecule has 5 nitrogen and oxygen atoms in total. The van der Waals surface area contributed by atoms with E-state index in [4.69, 9.17) is 0 Å². The molecule has 1 atom stereocenters. The monoisotopic (exact) mass is 310 g/mol. The van der Waals surface area contributed by atoms with Crippen molar-refractivity contribution in [1.82, 2.24) is 9.62 Å². The van der Waals surface area contributed by atoms with Crippen molar-refractivity contribution in [2.24, 2.45) is 0 Å². The Morgan fingerprint density at radius 3 is 2.10 bits per heavy atom. The van der Waals surface area contributed by atoms with Gasteiger partial charge in [-0.3, -0.25) is 4.79 Å². The molecule has 112 valence electrons. The lowest BCUT2D eigenvalue weighted by Gasteiger charge is -2.22. The Balaban J connectivity index is 3.18. The van der Waals surface area contributed by atoms with Crippen LogP contribution in [0.3, 0.4) is 0 Å². The summed E-state index contributed by atoms with van der Waals surface area (Å²) in [4.78, 5) is 12.9. The van der Waals surface area contributed by atoms with Gasteiger partial charge < -0.3 is 4.90 Å². The molecule has 0 bridgehead atoms. The minimum Gasteiger partial charge on any atom is -0.347 e. The number of sulfonamides is 1. The van der Waals surface area contributed by atoms with Crippen LogP contribution in [-0.4, -0.2) is 38.8 Å². The minimum atomic E-state index is -5.62. The first-order valence-electron chi connectivity index (χ1n) is 5.41. The summed E-state index contributed by atoms with van der Waals surface area (Å²) >= 11 is 0. The van der Waals surface area contributed by atoms with Gasteiger partial charge in [0.2, 0.25) is 5.91 Å². The number of halogens is 3. The summed E-state index contributed by atoms with van der Waals surface area (Å²) in [7, 11) is -2.98. The molecular formula is C11H13F3N2O3S. The predicted octanol–water partition coefficient (Wildman–Crippen LogP) is 1.26. The highest BCUT2D eigenvalue weighted by molar-refractivity contribution is 7.90. The van der Waals surface area contributed by atoms with E-state index in [-0.39, 0.29) is 5.56 Å². The molecule has 1 aromatic rings. The Kier molecular flexibility index (Phi) is 4.77. The van der Waals surface area contributed by atoms with Crippen LogP contribution in [0.4, 0.5) is 13.2 Å². The van der Waals surface area contributed by atoms with Crippen LogP contribution in [0.15, 0.2) is 30.3 Å². The fourth-order valence-electron chi connectivity index (χ4n) is 1.39. The molecule has 0 aliphatic carbocycles. The third-order valence-electron chi connectivity index (χ3n) is 2.40. The standard InChI is InChI=1S/C11H13F3N2O3S/c1-16(2)10(17)9(8-6-4-3-5-7-8)15-20(18,19)11(12,13)14/h3-7,9,15H,1-2H3. The summed E-state index contributed by atoms with van der Waals surface area (Å²) in [6.07, 6.45) is 0. The second-order valence-corrected chi connectivity index (χ2v) is 5.85. The Hall–Kier alpha value is -1.61. The lowest BCUT2D eigenvalue weighted by atomic mass is 10.1. The van der Waals surface area contributed by atoms with Crippen LogP contribution in [0.1, 0.15) is 11.6 Å². The van der Waals surface area contributed by atoms with Gasteiger partial charge in [0.15, 0.2) is 0 Å². The quantitative estimate of drug-likeness (QED) is 0.910.